The van der Waals surface area contributed by atoms with Crippen molar-refractivity contribution < 1.29 is 9.23 Å². The van der Waals surface area contributed by atoms with Gasteiger partial charge in [0.1, 0.15) is 11.3 Å². The Kier molecular flexibility index (Phi) is 5.48. The number of halogens is 3. The van der Waals surface area contributed by atoms with E-state index in [0.29, 0.717) is 10.6 Å². The Hall–Kier alpha value is -2.56. The molecule has 0 aliphatic heterocycles. The van der Waals surface area contributed by atoms with Crippen LogP contribution in [0.25, 0.3) is 22.2 Å². The van der Waals surface area contributed by atoms with Gasteiger partial charge in [0.05, 0.1) is 10.5 Å². The van der Waals surface area contributed by atoms with Gasteiger partial charge in [-0.25, -0.2) is 4.39 Å². The molecule has 0 bridgehead atoms. The summed E-state index contributed by atoms with van der Waals surface area (Å²) in [7, 11) is 0. The van der Waals surface area contributed by atoms with Crippen molar-refractivity contribution in [2.24, 2.45) is 0 Å². The lowest BCUT2D eigenvalue weighted by Gasteiger charge is -2.19. The molecule has 4 rings (SSSR count). The third-order valence-electron chi connectivity index (χ3n) is 4.97. The molecular formula is C23H19Cl2FN2O. The molecule has 2 aromatic heterocycles. The third-order valence-corrected chi connectivity index (χ3v) is 5.68. The molecule has 148 valence electrons. The monoisotopic (exact) mass is 428 g/mol. The highest BCUT2D eigenvalue weighted by molar-refractivity contribution is 6.36. The topological polar surface area (TPSA) is 27.1 Å². The summed E-state index contributed by atoms with van der Waals surface area (Å²) < 4.78 is 15.5. The SMILES string of the molecule is CCc1ccccc1-c1cnc2ccn(OC(C)c3c(Cl)ccc(F)c3Cl)c2c1. The number of nitrogens with zero attached hydrogens (tertiary/aromatic N) is 2. The average Bonchev–Trinajstić information content (AvgIpc) is 3.13. The van der Waals surface area contributed by atoms with Crippen LogP contribution in [0.15, 0.2) is 60.9 Å². The lowest BCUT2D eigenvalue weighted by Crippen LogP contribution is -2.16. The van der Waals surface area contributed by atoms with Crippen LogP contribution < -0.4 is 4.84 Å². The Morgan fingerprint density at radius 2 is 1.93 bits per heavy atom. The summed E-state index contributed by atoms with van der Waals surface area (Å²) >= 11 is 12.4. The van der Waals surface area contributed by atoms with Crippen molar-refractivity contribution in [3.8, 4) is 11.1 Å². The van der Waals surface area contributed by atoms with E-state index in [9.17, 15) is 4.39 Å². The van der Waals surface area contributed by atoms with Crippen molar-refractivity contribution in [2.45, 2.75) is 26.4 Å². The van der Waals surface area contributed by atoms with Crippen LogP contribution in [0.1, 0.15) is 31.1 Å². The molecule has 0 aliphatic carbocycles. The zero-order valence-corrected chi connectivity index (χ0v) is 17.5. The van der Waals surface area contributed by atoms with E-state index in [0.717, 1.165) is 28.6 Å². The van der Waals surface area contributed by atoms with Gasteiger partial charge in [0.2, 0.25) is 0 Å². The van der Waals surface area contributed by atoms with Gasteiger partial charge in [-0.2, -0.15) is 4.73 Å². The number of rotatable bonds is 5. The molecule has 0 spiro atoms. The van der Waals surface area contributed by atoms with Crippen LogP contribution >= 0.6 is 23.2 Å². The van der Waals surface area contributed by atoms with E-state index in [4.69, 9.17) is 28.0 Å². The Balaban J connectivity index is 1.73. The maximum Gasteiger partial charge on any atom is 0.150 e. The lowest BCUT2D eigenvalue weighted by atomic mass is 9.99. The van der Waals surface area contributed by atoms with E-state index in [-0.39, 0.29) is 5.02 Å². The van der Waals surface area contributed by atoms with Crippen LogP contribution in [0.2, 0.25) is 10.0 Å². The summed E-state index contributed by atoms with van der Waals surface area (Å²) in [4.78, 5) is 10.6. The van der Waals surface area contributed by atoms with Gasteiger partial charge < -0.3 is 4.84 Å². The molecular weight excluding hydrogens is 410 g/mol. The van der Waals surface area contributed by atoms with Gasteiger partial charge in [-0.3, -0.25) is 4.98 Å². The first kappa shape index (κ1) is 19.7. The number of pyridine rings is 1. The van der Waals surface area contributed by atoms with Gasteiger partial charge in [-0.15, -0.1) is 0 Å². The fraction of sp³-hybridized carbons (Fsp3) is 0.174. The molecule has 1 atom stereocenters. The van der Waals surface area contributed by atoms with E-state index in [1.54, 1.807) is 17.9 Å². The Bertz CT molecular complexity index is 1190. The van der Waals surface area contributed by atoms with E-state index in [2.05, 4.69) is 24.0 Å². The van der Waals surface area contributed by atoms with Crippen LogP contribution in [0.3, 0.4) is 0 Å². The molecule has 0 N–H and O–H groups in total. The summed E-state index contributed by atoms with van der Waals surface area (Å²) in [5.74, 6) is -0.529. The first-order valence-electron chi connectivity index (χ1n) is 9.35. The van der Waals surface area contributed by atoms with Crippen molar-refractivity contribution in [3.05, 3.63) is 87.9 Å². The number of fused-ring (bicyclic) bond motifs is 1. The van der Waals surface area contributed by atoms with Gasteiger partial charge in [-0.1, -0.05) is 54.4 Å². The molecule has 29 heavy (non-hydrogen) atoms. The highest BCUT2D eigenvalue weighted by atomic mass is 35.5. The average molecular weight is 429 g/mol. The lowest BCUT2D eigenvalue weighted by molar-refractivity contribution is 0.0562. The largest absolute Gasteiger partial charge is 0.406 e. The van der Waals surface area contributed by atoms with Crippen molar-refractivity contribution in [1.82, 2.24) is 9.71 Å². The molecule has 0 saturated heterocycles. The second-order valence-electron chi connectivity index (χ2n) is 6.79. The first-order chi connectivity index (χ1) is 14.0. The van der Waals surface area contributed by atoms with E-state index in [1.807, 2.05) is 30.5 Å². The quantitative estimate of drug-likeness (QED) is 0.323. The van der Waals surface area contributed by atoms with Crippen molar-refractivity contribution in [2.75, 3.05) is 0 Å². The summed E-state index contributed by atoms with van der Waals surface area (Å²) in [6.45, 7) is 3.91. The fourth-order valence-corrected chi connectivity index (χ4v) is 4.15. The summed E-state index contributed by atoms with van der Waals surface area (Å²) in [6.07, 6.45) is 4.02. The zero-order chi connectivity index (χ0) is 20.5. The van der Waals surface area contributed by atoms with Gasteiger partial charge in [-0.05, 0) is 48.7 Å². The first-order valence-corrected chi connectivity index (χ1v) is 10.1. The van der Waals surface area contributed by atoms with E-state index < -0.39 is 11.9 Å². The van der Waals surface area contributed by atoms with Crippen molar-refractivity contribution in [1.29, 1.82) is 0 Å². The summed E-state index contributed by atoms with van der Waals surface area (Å²) in [5, 5.41) is 0.327. The standard InChI is InChI=1S/C23H19Cl2FN2O/c1-3-15-6-4-5-7-17(15)16-12-21-20(27-13-16)10-11-28(21)29-14(2)22-18(24)8-9-19(26)23(22)25/h4-14H,3H2,1-2H3. The Morgan fingerprint density at radius 1 is 1.14 bits per heavy atom. The van der Waals surface area contributed by atoms with Crippen LogP contribution in [0.4, 0.5) is 4.39 Å². The second kappa shape index (κ2) is 8.05. The van der Waals surface area contributed by atoms with Gasteiger partial charge in [0.15, 0.2) is 6.10 Å². The van der Waals surface area contributed by atoms with E-state index >= 15 is 0 Å². The Morgan fingerprint density at radius 3 is 2.72 bits per heavy atom. The smallest absolute Gasteiger partial charge is 0.150 e. The van der Waals surface area contributed by atoms with Crippen LogP contribution in [-0.4, -0.2) is 9.71 Å². The van der Waals surface area contributed by atoms with E-state index in [1.165, 1.54) is 17.7 Å². The minimum absolute atomic E-state index is 0.0304. The summed E-state index contributed by atoms with van der Waals surface area (Å²) in [5.41, 5.74) is 5.42. The number of hydrogen-bond donors (Lipinski definition) is 0. The molecule has 2 aromatic carbocycles. The zero-order valence-electron chi connectivity index (χ0n) is 16.0. The predicted octanol–water partition coefficient (Wildman–Crippen LogP) is 6.90. The number of hydrogen-bond acceptors (Lipinski definition) is 2. The highest BCUT2D eigenvalue weighted by Crippen LogP contribution is 2.34. The minimum Gasteiger partial charge on any atom is -0.406 e. The number of aryl methyl sites for hydroxylation is 1. The van der Waals surface area contributed by atoms with Crippen molar-refractivity contribution in [3.63, 3.8) is 0 Å². The number of aromatic nitrogens is 2. The normalized spacial score (nSPS) is 12.3. The molecule has 0 amide bonds. The third kappa shape index (κ3) is 3.70. The maximum atomic E-state index is 13.9. The maximum absolute atomic E-state index is 13.9. The van der Waals surface area contributed by atoms with Gasteiger partial charge in [0.25, 0.3) is 0 Å². The molecule has 4 aromatic rings. The molecule has 6 heteroatoms. The molecule has 2 heterocycles. The summed E-state index contributed by atoms with van der Waals surface area (Å²) in [6, 6.07) is 14.9. The molecule has 1 unspecified atom stereocenters. The molecule has 0 fully saturated rings. The second-order valence-corrected chi connectivity index (χ2v) is 7.57. The minimum atomic E-state index is -0.562. The van der Waals surface area contributed by atoms with Crippen molar-refractivity contribution >= 4 is 34.2 Å². The molecule has 3 nitrogen and oxygen atoms in total. The van der Waals surface area contributed by atoms with Crippen LogP contribution in [0.5, 0.6) is 0 Å². The fourth-order valence-electron chi connectivity index (χ4n) is 3.48. The predicted molar refractivity (Wildman–Crippen MR) is 116 cm³/mol. The molecule has 0 aliphatic rings. The van der Waals surface area contributed by atoms with Gasteiger partial charge >= 0.3 is 0 Å². The Labute approximate surface area is 178 Å². The molecule has 0 saturated carbocycles. The number of benzene rings is 2. The highest BCUT2D eigenvalue weighted by Gasteiger charge is 2.20. The molecule has 0 radical (unpaired) electrons. The van der Waals surface area contributed by atoms with Crippen LogP contribution in [0, 0.1) is 5.82 Å². The van der Waals surface area contributed by atoms with Crippen LogP contribution in [-0.2, 0) is 6.42 Å². The van der Waals surface area contributed by atoms with Gasteiger partial charge in [0, 0.05) is 28.5 Å².